The van der Waals surface area contributed by atoms with E-state index >= 15 is 0 Å². The third-order valence-electron chi connectivity index (χ3n) is 11.2. The largest absolute Gasteiger partial charge is 0.485 e. The summed E-state index contributed by atoms with van der Waals surface area (Å²) in [5.41, 5.74) is 12.8. The van der Waals surface area contributed by atoms with Crippen molar-refractivity contribution < 1.29 is 9.15 Å². The van der Waals surface area contributed by atoms with Crippen LogP contribution >= 0.6 is 0 Å². The third-order valence-corrected chi connectivity index (χ3v) is 11.2. The second-order valence-corrected chi connectivity index (χ2v) is 14.3. The number of ether oxygens (including phenoxy) is 1. The predicted molar refractivity (Wildman–Crippen MR) is 224 cm³/mol. The van der Waals surface area contributed by atoms with Crippen molar-refractivity contribution in [2.45, 2.75) is 12.0 Å². The van der Waals surface area contributed by atoms with Crippen LogP contribution in [-0.2, 0) is 0 Å². The molecule has 0 amide bonds. The van der Waals surface area contributed by atoms with Crippen molar-refractivity contribution >= 4 is 32.5 Å². The average Bonchev–Trinajstić information content (AvgIpc) is 3.85. The highest BCUT2D eigenvalue weighted by Crippen LogP contribution is 2.49. The van der Waals surface area contributed by atoms with Crippen LogP contribution < -0.4 is 4.74 Å². The topological polar surface area (TPSA) is 22.4 Å². The van der Waals surface area contributed by atoms with Crippen LogP contribution in [0, 0.1) is 0 Å². The second-order valence-electron chi connectivity index (χ2n) is 14.3. The zero-order chi connectivity index (χ0) is 35.6. The highest BCUT2D eigenvalue weighted by Gasteiger charge is 2.35. The molecule has 1 unspecified atom stereocenters. The molecule has 8 aromatic carbocycles. The minimum atomic E-state index is 0.0254. The molecule has 0 bridgehead atoms. The van der Waals surface area contributed by atoms with Crippen LogP contribution in [0.15, 0.2) is 199 Å². The molecule has 0 fully saturated rings. The number of rotatable bonds is 5. The molecule has 2 heteroatoms. The molecule has 2 aliphatic rings. The van der Waals surface area contributed by atoms with Crippen LogP contribution in [-0.4, -0.2) is 6.10 Å². The zero-order valence-electron chi connectivity index (χ0n) is 29.4. The minimum Gasteiger partial charge on any atom is -0.485 e. The Hall–Kier alpha value is -6.90. The van der Waals surface area contributed by atoms with E-state index in [0.29, 0.717) is 0 Å². The lowest BCUT2D eigenvalue weighted by atomic mass is 9.84. The van der Waals surface area contributed by atoms with Gasteiger partial charge in [-0.2, -0.15) is 0 Å². The number of allylic oxidation sites excluding steroid dienone is 2. The summed E-state index contributed by atoms with van der Waals surface area (Å²) < 4.78 is 12.9. The van der Waals surface area contributed by atoms with E-state index in [9.17, 15) is 0 Å². The maximum atomic E-state index is 6.60. The SMILES string of the molecule is C1=CC2c3c(cccc3-c3cc4cc(-c5c6ccccc6c(-c6cc(-c7ccccc7)cc(-c7ccccc7)c6)c6ccccc56)ccc4o3)O[C@H]2C=C1. The molecule has 0 spiro atoms. The normalized spacial score (nSPS) is 15.8. The fourth-order valence-corrected chi connectivity index (χ4v) is 8.76. The third kappa shape index (κ3) is 4.95. The van der Waals surface area contributed by atoms with Crippen molar-refractivity contribution in [2.24, 2.45) is 0 Å². The van der Waals surface area contributed by atoms with Gasteiger partial charge in [0.05, 0.1) is 0 Å². The van der Waals surface area contributed by atoms with Crippen molar-refractivity contribution in [3.63, 3.8) is 0 Å². The van der Waals surface area contributed by atoms with Crippen LogP contribution in [0.2, 0.25) is 0 Å². The summed E-state index contributed by atoms with van der Waals surface area (Å²) in [5.74, 6) is 1.98. The van der Waals surface area contributed by atoms with E-state index < -0.39 is 0 Å². The second kappa shape index (κ2) is 12.4. The Kier molecular flexibility index (Phi) is 7.03. The van der Waals surface area contributed by atoms with E-state index in [1.165, 1.54) is 71.6 Å². The summed E-state index contributed by atoms with van der Waals surface area (Å²) in [6.07, 6.45) is 8.59. The van der Waals surface area contributed by atoms with E-state index in [1.54, 1.807) is 0 Å². The molecular formula is C52H34O2. The molecule has 254 valence electrons. The molecule has 11 rings (SSSR count). The number of fused-ring (bicyclic) bond motifs is 6. The highest BCUT2D eigenvalue weighted by atomic mass is 16.5. The lowest BCUT2D eigenvalue weighted by Gasteiger charge is -2.19. The van der Waals surface area contributed by atoms with Gasteiger partial charge in [0.15, 0.2) is 0 Å². The first kappa shape index (κ1) is 30.7. The lowest BCUT2D eigenvalue weighted by Crippen LogP contribution is -2.15. The molecule has 2 atom stereocenters. The van der Waals surface area contributed by atoms with Crippen LogP contribution in [0.25, 0.3) is 88.3 Å². The first-order chi connectivity index (χ1) is 26.8. The summed E-state index contributed by atoms with van der Waals surface area (Å²) >= 11 is 0. The van der Waals surface area contributed by atoms with Crippen LogP contribution in [0.1, 0.15) is 11.5 Å². The number of hydrogen-bond acceptors (Lipinski definition) is 2. The standard InChI is InChI=1S/C52H34O2/c1-3-14-33(15-4-1)36-29-37(34-16-5-2-6-17-34)31-39(30-36)51-42-20-9-7-18-40(42)50(41-19-8-10-21-43(41)51)35-26-27-46-38(28-35)32-49(53-46)45-23-13-25-48-52(45)44-22-11-12-24-47(44)54-48/h1-32,44,47H/t44?,47-/m0/s1. The van der Waals surface area contributed by atoms with Gasteiger partial charge in [0, 0.05) is 22.4 Å². The first-order valence-corrected chi connectivity index (χ1v) is 18.7. The van der Waals surface area contributed by atoms with E-state index in [4.69, 9.17) is 9.15 Å². The quantitative estimate of drug-likeness (QED) is 0.168. The summed E-state index contributed by atoms with van der Waals surface area (Å²) in [5, 5.41) is 5.98. The Balaban J connectivity index is 1.10. The van der Waals surface area contributed by atoms with Crippen molar-refractivity contribution in [1.29, 1.82) is 0 Å². The van der Waals surface area contributed by atoms with Gasteiger partial charge in [-0.1, -0.05) is 146 Å². The number of furan rings is 1. The molecule has 1 aliphatic heterocycles. The monoisotopic (exact) mass is 690 g/mol. The van der Waals surface area contributed by atoms with Gasteiger partial charge in [-0.15, -0.1) is 0 Å². The molecule has 0 saturated heterocycles. The van der Waals surface area contributed by atoms with Crippen molar-refractivity contribution in [3.05, 3.63) is 200 Å². The highest BCUT2D eigenvalue weighted by molar-refractivity contribution is 6.22. The van der Waals surface area contributed by atoms with Crippen LogP contribution in [0.3, 0.4) is 0 Å². The maximum absolute atomic E-state index is 6.60. The Morgan fingerprint density at radius 3 is 1.63 bits per heavy atom. The molecule has 0 radical (unpaired) electrons. The lowest BCUT2D eigenvalue weighted by molar-refractivity contribution is 0.269. The van der Waals surface area contributed by atoms with E-state index in [-0.39, 0.29) is 12.0 Å². The summed E-state index contributed by atoms with van der Waals surface area (Å²) in [6, 6.07) is 61.4. The van der Waals surface area contributed by atoms with Gasteiger partial charge in [0.2, 0.25) is 0 Å². The molecule has 1 aromatic heterocycles. The van der Waals surface area contributed by atoms with E-state index in [0.717, 1.165) is 28.0 Å². The van der Waals surface area contributed by atoms with Gasteiger partial charge in [0.1, 0.15) is 23.2 Å². The van der Waals surface area contributed by atoms with Crippen molar-refractivity contribution in [2.75, 3.05) is 0 Å². The molecule has 2 nitrogen and oxygen atoms in total. The average molecular weight is 691 g/mol. The van der Waals surface area contributed by atoms with Crippen molar-refractivity contribution in [1.82, 2.24) is 0 Å². The van der Waals surface area contributed by atoms with Gasteiger partial charge in [-0.3, -0.25) is 0 Å². The smallest absolute Gasteiger partial charge is 0.135 e. The van der Waals surface area contributed by atoms with E-state index in [2.05, 4.69) is 194 Å². The Morgan fingerprint density at radius 1 is 0.407 bits per heavy atom. The van der Waals surface area contributed by atoms with Gasteiger partial charge < -0.3 is 9.15 Å². The Bertz CT molecular complexity index is 2850. The van der Waals surface area contributed by atoms with Gasteiger partial charge in [-0.05, 0) is 115 Å². The first-order valence-electron chi connectivity index (χ1n) is 18.7. The summed E-state index contributed by atoms with van der Waals surface area (Å²) in [4.78, 5) is 0. The van der Waals surface area contributed by atoms with Crippen molar-refractivity contribution in [3.8, 4) is 61.6 Å². The van der Waals surface area contributed by atoms with Gasteiger partial charge in [-0.25, -0.2) is 0 Å². The number of benzene rings is 8. The van der Waals surface area contributed by atoms with Gasteiger partial charge >= 0.3 is 0 Å². The molecule has 54 heavy (non-hydrogen) atoms. The maximum Gasteiger partial charge on any atom is 0.135 e. The minimum absolute atomic E-state index is 0.0254. The zero-order valence-corrected chi connectivity index (χ0v) is 29.4. The Labute approximate surface area is 313 Å². The molecule has 9 aromatic rings. The predicted octanol–water partition coefficient (Wildman–Crippen LogP) is 14.0. The summed E-state index contributed by atoms with van der Waals surface area (Å²) in [6.45, 7) is 0. The molecule has 0 N–H and O–H groups in total. The molecule has 0 saturated carbocycles. The molecular weight excluding hydrogens is 657 g/mol. The van der Waals surface area contributed by atoms with Gasteiger partial charge in [0.25, 0.3) is 0 Å². The summed E-state index contributed by atoms with van der Waals surface area (Å²) in [7, 11) is 0. The fourth-order valence-electron chi connectivity index (χ4n) is 8.76. The molecule has 2 heterocycles. The van der Waals surface area contributed by atoms with E-state index in [1.807, 2.05) is 0 Å². The van der Waals surface area contributed by atoms with Crippen LogP contribution in [0.4, 0.5) is 0 Å². The van der Waals surface area contributed by atoms with Crippen LogP contribution in [0.5, 0.6) is 5.75 Å². The fraction of sp³-hybridized carbons (Fsp3) is 0.0385. The molecule has 1 aliphatic carbocycles. The Morgan fingerprint density at radius 2 is 0.981 bits per heavy atom. The number of hydrogen-bond donors (Lipinski definition) is 0.